The molecular formula is C15H11FO4. The van der Waals surface area contributed by atoms with Gasteiger partial charge in [0.15, 0.2) is 17.8 Å². The van der Waals surface area contributed by atoms with Gasteiger partial charge in [-0.2, -0.15) is 0 Å². The van der Waals surface area contributed by atoms with Gasteiger partial charge in [0.05, 0.1) is 5.56 Å². The van der Waals surface area contributed by atoms with Crippen LogP contribution in [0.15, 0.2) is 36.4 Å². The number of fused-ring (bicyclic) bond motifs is 1. The molecule has 0 amide bonds. The summed E-state index contributed by atoms with van der Waals surface area (Å²) >= 11 is 0. The van der Waals surface area contributed by atoms with Crippen LogP contribution in [0.5, 0.6) is 17.2 Å². The fourth-order valence-electron chi connectivity index (χ4n) is 1.99. The molecule has 20 heavy (non-hydrogen) atoms. The van der Waals surface area contributed by atoms with Gasteiger partial charge in [0.25, 0.3) is 0 Å². The number of benzene rings is 2. The molecule has 1 aliphatic heterocycles. The summed E-state index contributed by atoms with van der Waals surface area (Å²) in [6, 6.07) is 9.39. The first-order chi connectivity index (χ1) is 9.78. The average molecular weight is 274 g/mol. The molecule has 0 saturated heterocycles. The first-order valence-electron chi connectivity index (χ1n) is 6.03. The highest BCUT2D eigenvalue weighted by atomic mass is 19.1. The molecule has 0 N–H and O–H groups in total. The Morgan fingerprint density at radius 3 is 2.85 bits per heavy atom. The van der Waals surface area contributed by atoms with Crippen molar-refractivity contribution in [1.82, 2.24) is 0 Å². The van der Waals surface area contributed by atoms with Crippen molar-refractivity contribution in [2.45, 2.75) is 6.61 Å². The minimum atomic E-state index is -0.313. The third-order valence-electron chi connectivity index (χ3n) is 2.92. The van der Waals surface area contributed by atoms with Gasteiger partial charge in [-0.25, -0.2) is 4.39 Å². The normalized spacial score (nSPS) is 12.2. The van der Waals surface area contributed by atoms with Gasteiger partial charge in [0.2, 0.25) is 12.5 Å². The average Bonchev–Trinajstić information content (AvgIpc) is 2.94. The van der Waals surface area contributed by atoms with E-state index in [0.717, 1.165) is 0 Å². The van der Waals surface area contributed by atoms with Crippen molar-refractivity contribution in [3.05, 3.63) is 53.3 Å². The minimum absolute atomic E-state index is 0.0521. The lowest BCUT2D eigenvalue weighted by Crippen LogP contribution is -1.98. The number of carbonyl (C=O) groups excluding carboxylic acids is 1. The molecule has 3 rings (SSSR count). The van der Waals surface area contributed by atoms with Gasteiger partial charge in [-0.1, -0.05) is 12.1 Å². The second-order valence-corrected chi connectivity index (χ2v) is 4.25. The third-order valence-corrected chi connectivity index (χ3v) is 2.92. The molecule has 0 saturated carbocycles. The van der Waals surface area contributed by atoms with Crippen LogP contribution in [-0.4, -0.2) is 13.1 Å². The molecule has 0 unspecified atom stereocenters. The minimum Gasteiger partial charge on any atom is -0.485 e. The van der Waals surface area contributed by atoms with Crippen molar-refractivity contribution in [2.24, 2.45) is 0 Å². The van der Waals surface area contributed by atoms with Crippen LogP contribution < -0.4 is 14.2 Å². The van der Waals surface area contributed by atoms with Crippen LogP contribution >= 0.6 is 0 Å². The van der Waals surface area contributed by atoms with E-state index >= 15 is 0 Å². The maximum Gasteiger partial charge on any atom is 0.231 e. The smallest absolute Gasteiger partial charge is 0.231 e. The molecule has 5 heteroatoms. The monoisotopic (exact) mass is 274 g/mol. The molecule has 0 bridgehead atoms. The molecule has 0 radical (unpaired) electrons. The Morgan fingerprint density at radius 1 is 1.20 bits per heavy atom. The number of rotatable bonds is 4. The first kappa shape index (κ1) is 12.5. The highest BCUT2D eigenvalue weighted by molar-refractivity contribution is 5.82. The molecule has 0 aromatic heterocycles. The zero-order valence-corrected chi connectivity index (χ0v) is 10.5. The van der Waals surface area contributed by atoms with Crippen molar-refractivity contribution < 1.29 is 23.4 Å². The standard InChI is InChI=1S/C15H11FO4/c16-12-3-1-2-10(6-12)8-18-13-5-4-11(7-17)14-15(13)20-9-19-14/h1-7H,8-9H2. The summed E-state index contributed by atoms with van der Waals surface area (Å²) in [6.45, 7) is 0.254. The van der Waals surface area contributed by atoms with Crippen molar-refractivity contribution in [1.29, 1.82) is 0 Å². The highest BCUT2D eigenvalue weighted by Crippen LogP contribution is 2.43. The number of carbonyl (C=O) groups is 1. The quantitative estimate of drug-likeness (QED) is 0.804. The van der Waals surface area contributed by atoms with E-state index in [2.05, 4.69) is 0 Å². The van der Waals surface area contributed by atoms with E-state index in [1.54, 1.807) is 24.3 Å². The largest absolute Gasteiger partial charge is 0.485 e. The van der Waals surface area contributed by atoms with Crippen LogP contribution in [0, 0.1) is 5.82 Å². The second-order valence-electron chi connectivity index (χ2n) is 4.25. The molecule has 2 aromatic carbocycles. The Hall–Kier alpha value is -2.56. The number of hydrogen-bond donors (Lipinski definition) is 0. The highest BCUT2D eigenvalue weighted by Gasteiger charge is 2.22. The number of ether oxygens (including phenoxy) is 3. The molecule has 1 aliphatic rings. The van der Waals surface area contributed by atoms with Crippen molar-refractivity contribution >= 4 is 6.29 Å². The van der Waals surface area contributed by atoms with Crippen LogP contribution in [0.2, 0.25) is 0 Å². The number of halogens is 1. The van der Waals surface area contributed by atoms with Gasteiger partial charge in [0.1, 0.15) is 12.4 Å². The Labute approximate surface area is 114 Å². The van der Waals surface area contributed by atoms with E-state index in [0.29, 0.717) is 34.7 Å². The topological polar surface area (TPSA) is 44.8 Å². The molecule has 0 atom stereocenters. The summed E-state index contributed by atoms with van der Waals surface area (Å²) in [5.41, 5.74) is 1.12. The van der Waals surface area contributed by atoms with Gasteiger partial charge in [0, 0.05) is 0 Å². The van der Waals surface area contributed by atoms with Crippen LogP contribution in [-0.2, 0) is 6.61 Å². The van der Waals surface area contributed by atoms with Gasteiger partial charge < -0.3 is 14.2 Å². The van der Waals surface area contributed by atoms with Crippen molar-refractivity contribution in [3.8, 4) is 17.2 Å². The van der Waals surface area contributed by atoms with Crippen LogP contribution in [0.3, 0.4) is 0 Å². The summed E-state index contributed by atoms with van der Waals surface area (Å²) in [4.78, 5) is 10.9. The molecule has 4 nitrogen and oxygen atoms in total. The van der Waals surface area contributed by atoms with E-state index in [-0.39, 0.29) is 19.2 Å². The zero-order valence-electron chi connectivity index (χ0n) is 10.5. The van der Waals surface area contributed by atoms with Crippen molar-refractivity contribution in [2.75, 3.05) is 6.79 Å². The number of aldehydes is 1. The Bertz CT molecular complexity index is 654. The van der Waals surface area contributed by atoms with Crippen LogP contribution in [0.25, 0.3) is 0 Å². The fourth-order valence-corrected chi connectivity index (χ4v) is 1.99. The summed E-state index contributed by atoms with van der Waals surface area (Å²) in [5.74, 6) is 0.947. The first-order valence-corrected chi connectivity index (χ1v) is 6.03. The van der Waals surface area contributed by atoms with E-state index in [1.165, 1.54) is 12.1 Å². The third kappa shape index (κ3) is 2.30. The van der Waals surface area contributed by atoms with Gasteiger partial charge in [-0.3, -0.25) is 4.79 Å². The lowest BCUT2D eigenvalue weighted by atomic mass is 10.2. The van der Waals surface area contributed by atoms with Crippen molar-refractivity contribution in [3.63, 3.8) is 0 Å². The Morgan fingerprint density at radius 2 is 2.05 bits per heavy atom. The lowest BCUT2D eigenvalue weighted by Gasteiger charge is -2.09. The van der Waals surface area contributed by atoms with Gasteiger partial charge in [-0.05, 0) is 29.8 Å². The summed E-state index contributed by atoms with van der Waals surface area (Å²) in [7, 11) is 0. The molecule has 1 heterocycles. The predicted octanol–water partition coefficient (Wildman–Crippen LogP) is 2.95. The second kappa shape index (κ2) is 5.21. The zero-order chi connectivity index (χ0) is 13.9. The maximum atomic E-state index is 13.1. The Balaban J connectivity index is 1.82. The fraction of sp³-hybridized carbons (Fsp3) is 0.133. The molecule has 0 aliphatic carbocycles. The molecule has 0 fully saturated rings. The van der Waals surface area contributed by atoms with E-state index in [4.69, 9.17) is 14.2 Å². The molecular weight excluding hydrogens is 263 g/mol. The summed E-state index contributed by atoms with van der Waals surface area (Å²) < 4.78 is 29.2. The van der Waals surface area contributed by atoms with E-state index < -0.39 is 0 Å². The van der Waals surface area contributed by atoms with E-state index in [1.807, 2.05) is 0 Å². The lowest BCUT2D eigenvalue weighted by molar-refractivity contribution is 0.111. The molecule has 102 valence electrons. The van der Waals surface area contributed by atoms with Crippen LogP contribution in [0.1, 0.15) is 15.9 Å². The summed E-state index contributed by atoms with van der Waals surface area (Å²) in [5, 5.41) is 0. The SMILES string of the molecule is O=Cc1ccc(OCc2cccc(F)c2)c2c1OCO2. The Kier molecular flexibility index (Phi) is 3.25. The van der Waals surface area contributed by atoms with Gasteiger partial charge in [-0.15, -0.1) is 0 Å². The van der Waals surface area contributed by atoms with E-state index in [9.17, 15) is 9.18 Å². The number of hydrogen-bond acceptors (Lipinski definition) is 4. The van der Waals surface area contributed by atoms with Crippen LogP contribution in [0.4, 0.5) is 4.39 Å². The maximum absolute atomic E-state index is 13.1. The summed E-state index contributed by atoms with van der Waals surface area (Å²) in [6.07, 6.45) is 0.698. The van der Waals surface area contributed by atoms with Gasteiger partial charge >= 0.3 is 0 Å². The molecule has 2 aromatic rings. The predicted molar refractivity (Wildman–Crippen MR) is 68.7 cm³/mol. The molecule has 0 spiro atoms.